The first-order chi connectivity index (χ1) is 8.20. The second-order valence-corrected chi connectivity index (χ2v) is 10.4. The van der Waals surface area contributed by atoms with Gasteiger partial charge >= 0.3 is 0 Å². The fourth-order valence-electron chi connectivity index (χ4n) is 2.72. The molecule has 0 aliphatic carbocycles. The molecule has 0 aromatic carbocycles. The van der Waals surface area contributed by atoms with Crippen LogP contribution in [-0.2, 0) is 4.79 Å². The first-order valence-electron chi connectivity index (χ1n) is 7.45. The number of allylic oxidation sites excluding steroid dienone is 1. The Labute approximate surface area is 109 Å². The van der Waals surface area contributed by atoms with Crippen LogP contribution in [0.5, 0.6) is 0 Å². The topological polar surface area (TPSA) is 17.1 Å². The Morgan fingerprint density at radius 1 is 0.882 bits per heavy atom. The third-order valence-corrected chi connectivity index (χ3v) is 10.0. The van der Waals surface area contributed by atoms with Crippen molar-refractivity contribution in [2.24, 2.45) is 0 Å². The third-order valence-electron chi connectivity index (χ3n) is 4.32. The molecular formula is C15H30OSi. The smallest absolute Gasteiger partial charge is 0.119 e. The van der Waals surface area contributed by atoms with Crippen LogP contribution in [0.3, 0.4) is 0 Å². The first kappa shape index (κ1) is 16.7. The summed E-state index contributed by atoms with van der Waals surface area (Å²) in [6, 6.07) is 3.62. The highest BCUT2D eigenvalue weighted by molar-refractivity contribution is 6.87. The molecule has 0 bridgehead atoms. The monoisotopic (exact) mass is 254 g/mol. The van der Waals surface area contributed by atoms with E-state index in [-0.39, 0.29) is 0 Å². The van der Waals surface area contributed by atoms with E-state index < -0.39 is 8.07 Å². The molecule has 0 N–H and O–H groups in total. The van der Waals surface area contributed by atoms with Crippen molar-refractivity contribution in [3.05, 3.63) is 5.20 Å². The van der Waals surface area contributed by atoms with Crippen molar-refractivity contribution in [1.82, 2.24) is 0 Å². The van der Waals surface area contributed by atoms with Gasteiger partial charge in [0.15, 0.2) is 0 Å². The summed E-state index contributed by atoms with van der Waals surface area (Å²) in [6.45, 7) is 9.01. The van der Waals surface area contributed by atoms with Gasteiger partial charge in [0.05, 0.1) is 8.07 Å². The molecule has 0 aliphatic rings. The van der Waals surface area contributed by atoms with Crippen LogP contribution in [0.15, 0.2) is 5.20 Å². The van der Waals surface area contributed by atoms with E-state index in [1.54, 1.807) is 0 Å². The average molecular weight is 254 g/mol. The summed E-state index contributed by atoms with van der Waals surface area (Å²) in [7, 11) is -1.42. The lowest BCUT2D eigenvalue weighted by Crippen LogP contribution is -2.35. The van der Waals surface area contributed by atoms with Crippen LogP contribution in [0.25, 0.3) is 0 Å². The van der Waals surface area contributed by atoms with Gasteiger partial charge in [0.1, 0.15) is 5.94 Å². The maximum absolute atomic E-state index is 11.2. The highest BCUT2D eigenvalue weighted by Gasteiger charge is 2.31. The zero-order valence-corrected chi connectivity index (χ0v) is 13.3. The zero-order chi connectivity index (χ0) is 13.1. The summed E-state index contributed by atoms with van der Waals surface area (Å²) >= 11 is 0. The molecule has 0 aliphatic heterocycles. The normalized spacial score (nSPS) is 11.3. The van der Waals surface area contributed by atoms with Crippen LogP contribution < -0.4 is 0 Å². The lowest BCUT2D eigenvalue weighted by atomic mass is 10.1. The van der Waals surface area contributed by atoms with E-state index in [2.05, 4.69) is 33.6 Å². The minimum Gasteiger partial charge on any atom is -0.234 e. The molecule has 0 amide bonds. The fourth-order valence-corrected chi connectivity index (χ4v) is 6.42. The summed E-state index contributed by atoms with van der Waals surface area (Å²) in [4.78, 5) is 11.2. The third kappa shape index (κ3) is 5.22. The van der Waals surface area contributed by atoms with Crippen molar-refractivity contribution in [2.45, 2.75) is 84.4 Å². The Balaban J connectivity index is 4.28. The lowest BCUT2D eigenvalue weighted by molar-refractivity contribution is 0.565. The van der Waals surface area contributed by atoms with Gasteiger partial charge in [0, 0.05) is 5.20 Å². The minimum absolute atomic E-state index is 1.02. The Bertz CT molecular complexity index is 229. The van der Waals surface area contributed by atoms with Gasteiger partial charge in [-0.15, -0.1) is 0 Å². The molecule has 0 aromatic rings. The van der Waals surface area contributed by atoms with Crippen LogP contribution in [0.4, 0.5) is 0 Å². The van der Waals surface area contributed by atoms with Crippen LogP contribution in [0.2, 0.25) is 18.1 Å². The van der Waals surface area contributed by atoms with E-state index in [9.17, 15) is 4.79 Å². The van der Waals surface area contributed by atoms with Gasteiger partial charge in [0.25, 0.3) is 0 Å². The number of rotatable bonds is 10. The van der Waals surface area contributed by atoms with E-state index >= 15 is 0 Å². The molecule has 0 atom stereocenters. The molecule has 1 nitrogen and oxygen atoms in total. The highest BCUT2D eigenvalue weighted by Crippen LogP contribution is 2.30. The number of carbonyl (C=O) groups excluding carboxylic acids is 1. The molecule has 0 aromatic heterocycles. The Hall–Kier alpha value is -0.333. The van der Waals surface area contributed by atoms with Crippen molar-refractivity contribution in [3.8, 4) is 0 Å². The number of hydrogen-bond acceptors (Lipinski definition) is 1. The van der Waals surface area contributed by atoms with Crippen LogP contribution in [0, 0.1) is 0 Å². The summed E-state index contributed by atoms with van der Waals surface area (Å²) in [6.07, 6.45) is 7.43. The van der Waals surface area contributed by atoms with Crippen molar-refractivity contribution >= 4 is 14.0 Å². The van der Waals surface area contributed by atoms with E-state index in [1.807, 2.05) is 0 Å². The highest BCUT2D eigenvalue weighted by atomic mass is 28.3. The molecule has 2 heteroatoms. The molecule has 0 radical (unpaired) electrons. The zero-order valence-electron chi connectivity index (χ0n) is 12.3. The van der Waals surface area contributed by atoms with Crippen LogP contribution in [-0.4, -0.2) is 14.0 Å². The largest absolute Gasteiger partial charge is 0.234 e. The number of hydrogen-bond donors (Lipinski definition) is 0. The average Bonchev–Trinajstić information content (AvgIpc) is 2.38. The van der Waals surface area contributed by atoms with Gasteiger partial charge in [0.2, 0.25) is 0 Å². The second-order valence-electron chi connectivity index (χ2n) is 5.09. The molecule has 17 heavy (non-hydrogen) atoms. The van der Waals surface area contributed by atoms with E-state index in [1.165, 1.54) is 55.4 Å². The van der Waals surface area contributed by atoms with Crippen molar-refractivity contribution in [1.29, 1.82) is 0 Å². The molecule has 0 unspecified atom stereocenters. The van der Waals surface area contributed by atoms with Crippen LogP contribution >= 0.6 is 0 Å². The van der Waals surface area contributed by atoms with Crippen LogP contribution in [0.1, 0.15) is 66.2 Å². The Morgan fingerprint density at radius 2 is 1.41 bits per heavy atom. The summed E-state index contributed by atoms with van der Waals surface area (Å²) in [5.74, 6) is 2.32. The molecule has 0 spiro atoms. The van der Waals surface area contributed by atoms with E-state index in [0.717, 1.165) is 6.42 Å². The molecule has 0 rings (SSSR count). The van der Waals surface area contributed by atoms with Gasteiger partial charge in [-0.25, -0.2) is 4.79 Å². The SMILES string of the molecule is CCCCCCCC(=C=O)[Si](CC)(CC)CC. The van der Waals surface area contributed by atoms with Gasteiger partial charge < -0.3 is 0 Å². The van der Waals surface area contributed by atoms with Gasteiger partial charge in [-0.05, 0) is 12.8 Å². The summed E-state index contributed by atoms with van der Waals surface area (Å²) in [5.41, 5.74) is 0. The lowest BCUT2D eigenvalue weighted by Gasteiger charge is -2.28. The minimum atomic E-state index is -1.42. The van der Waals surface area contributed by atoms with Crippen molar-refractivity contribution in [2.75, 3.05) is 0 Å². The molecule has 100 valence electrons. The second kappa shape index (κ2) is 9.67. The van der Waals surface area contributed by atoms with Gasteiger partial charge in [-0.3, -0.25) is 0 Å². The maximum Gasteiger partial charge on any atom is 0.119 e. The molecule has 0 saturated heterocycles. The summed E-state index contributed by atoms with van der Waals surface area (Å²) < 4.78 is 0. The summed E-state index contributed by atoms with van der Waals surface area (Å²) in [5, 5.41) is 1.18. The van der Waals surface area contributed by atoms with E-state index in [0.29, 0.717) is 0 Å². The van der Waals surface area contributed by atoms with Crippen molar-refractivity contribution in [3.63, 3.8) is 0 Å². The molecule has 0 fully saturated rings. The predicted molar refractivity (Wildman–Crippen MR) is 79.8 cm³/mol. The molecule has 0 heterocycles. The number of unbranched alkanes of at least 4 members (excludes halogenated alkanes) is 4. The molecule has 0 saturated carbocycles. The Morgan fingerprint density at radius 3 is 1.82 bits per heavy atom. The maximum atomic E-state index is 11.2. The Kier molecular flexibility index (Phi) is 9.48. The van der Waals surface area contributed by atoms with Gasteiger partial charge in [-0.1, -0.05) is 71.5 Å². The standard InChI is InChI=1S/C15H30OSi/c1-5-9-10-11-12-13-15(14-16)17(6-2,7-3)8-4/h5-13H2,1-4H3. The first-order valence-corrected chi connectivity index (χ1v) is 10.1. The fraction of sp³-hybridized carbons (Fsp3) is 0.867. The molecular weight excluding hydrogens is 224 g/mol. The quantitative estimate of drug-likeness (QED) is 0.299. The van der Waals surface area contributed by atoms with Gasteiger partial charge in [-0.2, -0.15) is 0 Å². The van der Waals surface area contributed by atoms with Crippen molar-refractivity contribution < 1.29 is 4.79 Å². The van der Waals surface area contributed by atoms with E-state index in [4.69, 9.17) is 0 Å². The predicted octanol–water partition coefficient (Wildman–Crippen LogP) is 5.15.